The van der Waals surface area contributed by atoms with E-state index in [-0.39, 0.29) is 6.42 Å². The first kappa shape index (κ1) is 13.0. The molecule has 16 heavy (non-hydrogen) atoms. The normalized spacial score (nSPS) is 29.9. The number of carboxylic acids is 1. The summed E-state index contributed by atoms with van der Waals surface area (Å²) in [4.78, 5) is 21.9. The molecule has 5 heteroatoms. The molecule has 92 valence electrons. The maximum atomic E-state index is 11.3. The summed E-state index contributed by atoms with van der Waals surface area (Å²) in [5.41, 5.74) is 4.17. The molecule has 1 amide bonds. The Balaban J connectivity index is 2.58. The van der Waals surface area contributed by atoms with Crippen molar-refractivity contribution in [2.75, 3.05) is 6.54 Å². The molecular weight excluding hydrogens is 208 g/mol. The lowest BCUT2D eigenvalue weighted by Gasteiger charge is -2.37. The van der Waals surface area contributed by atoms with Gasteiger partial charge in [0.25, 0.3) is 0 Å². The van der Waals surface area contributed by atoms with E-state index in [0.717, 1.165) is 12.8 Å². The highest BCUT2D eigenvalue weighted by Gasteiger charge is 2.41. The van der Waals surface area contributed by atoms with Crippen molar-refractivity contribution in [2.24, 2.45) is 11.7 Å². The Bertz CT molecular complexity index is 280. The molecule has 0 aromatic rings. The van der Waals surface area contributed by atoms with E-state index >= 15 is 0 Å². The molecule has 0 heterocycles. The summed E-state index contributed by atoms with van der Waals surface area (Å²) in [6, 6.07) is 0. The van der Waals surface area contributed by atoms with Crippen LogP contribution in [0.4, 0.5) is 0 Å². The van der Waals surface area contributed by atoms with Gasteiger partial charge in [-0.15, -0.1) is 0 Å². The highest BCUT2D eigenvalue weighted by Crippen LogP contribution is 2.32. The zero-order chi connectivity index (χ0) is 12.2. The first-order valence-corrected chi connectivity index (χ1v) is 5.73. The zero-order valence-electron chi connectivity index (χ0n) is 9.66. The number of primary amides is 1. The monoisotopic (exact) mass is 228 g/mol. The zero-order valence-corrected chi connectivity index (χ0v) is 9.66. The molecule has 0 spiro atoms. The van der Waals surface area contributed by atoms with Gasteiger partial charge in [0.15, 0.2) is 0 Å². The van der Waals surface area contributed by atoms with E-state index in [1.165, 1.54) is 0 Å². The van der Waals surface area contributed by atoms with Gasteiger partial charge in [-0.05, 0) is 18.8 Å². The third-order valence-corrected chi connectivity index (χ3v) is 3.24. The van der Waals surface area contributed by atoms with Gasteiger partial charge < -0.3 is 16.2 Å². The molecule has 0 saturated heterocycles. The van der Waals surface area contributed by atoms with E-state index in [0.29, 0.717) is 25.3 Å². The first-order valence-electron chi connectivity index (χ1n) is 5.73. The van der Waals surface area contributed by atoms with Crippen LogP contribution in [0.1, 0.15) is 39.0 Å². The van der Waals surface area contributed by atoms with Crippen LogP contribution in [-0.4, -0.2) is 29.1 Å². The molecule has 0 radical (unpaired) electrons. The van der Waals surface area contributed by atoms with E-state index in [4.69, 9.17) is 5.73 Å². The van der Waals surface area contributed by atoms with Crippen molar-refractivity contribution >= 4 is 11.9 Å². The Labute approximate surface area is 95.4 Å². The van der Waals surface area contributed by atoms with Gasteiger partial charge in [-0.1, -0.05) is 19.8 Å². The van der Waals surface area contributed by atoms with Gasteiger partial charge in [-0.3, -0.25) is 9.59 Å². The highest BCUT2D eigenvalue weighted by molar-refractivity contribution is 5.79. The van der Waals surface area contributed by atoms with Gasteiger partial charge in [0.2, 0.25) is 5.91 Å². The number of amides is 1. The number of carbonyl (C=O) groups is 2. The lowest BCUT2D eigenvalue weighted by Crippen LogP contribution is -2.55. The number of aliphatic carboxylic acids is 1. The third-order valence-electron chi connectivity index (χ3n) is 3.24. The van der Waals surface area contributed by atoms with E-state index in [2.05, 4.69) is 12.2 Å². The van der Waals surface area contributed by atoms with Crippen molar-refractivity contribution in [1.82, 2.24) is 5.32 Å². The third kappa shape index (κ3) is 3.20. The fourth-order valence-corrected chi connectivity index (χ4v) is 2.41. The summed E-state index contributed by atoms with van der Waals surface area (Å²) in [5, 5.41) is 12.3. The Morgan fingerprint density at radius 1 is 1.56 bits per heavy atom. The van der Waals surface area contributed by atoms with Crippen LogP contribution in [-0.2, 0) is 9.59 Å². The Kier molecular flexibility index (Phi) is 4.29. The molecule has 1 aliphatic carbocycles. The number of hydrogen-bond acceptors (Lipinski definition) is 3. The lowest BCUT2D eigenvalue weighted by atomic mass is 9.76. The summed E-state index contributed by atoms with van der Waals surface area (Å²) >= 11 is 0. The summed E-state index contributed by atoms with van der Waals surface area (Å²) in [6.07, 6.45) is 3.43. The number of nitrogens with two attached hydrogens (primary N) is 1. The average Bonchev–Trinajstić information content (AvgIpc) is 2.16. The van der Waals surface area contributed by atoms with Crippen LogP contribution < -0.4 is 11.1 Å². The van der Waals surface area contributed by atoms with Gasteiger partial charge in [0.1, 0.15) is 5.54 Å². The number of nitrogens with one attached hydrogen (secondary N) is 1. The summed E-state index contributed by atoms with van der Waals surface area (Å²) < 4.78 is 0. The van der Waals surface area contributed by atoms with Gasteiger partial charge in [-0.2, -0.15) is 0 Å². The molecule has 1 aliphatic rings. The first-order chi connectivity index (χ1) is 7.46. The fraction of sp³-hybridized carbons (Fsp3) is 0.818. The number of rotatable bonds is 5. The van der Waals surface area contributed by atoms with Crippen LogP contribution in [0.5, 0.6) is 0 Å². The summed E-state index contributed by atoms with van der Waals surface area (Å²) in [7, 11) is 0. The van der Waals surface area contributed by atoms with Crippen LogP contribution >= 0.6 is 0 Å². The predicted octanol–water partition coefficient (Wildman–Crippen LogP) is 0.485. The van der Waals surface area contributed by atoms with E-state index in [1.807, 2.05) is 0 Å². The Morgan fingerprint density at radius 3 is 2.75 bits per heavy atom. The molecule has 0 aromatic carbocycles. The predicted molar refractivity (Wildman–Crippen MR) is 59.8 cm³/mol. The molecule has 1 fully saturated rings. The number of carbonyl (C=O) groups excluding carboxylic acids is 1. The SMILES string of the molecule is CC1CCCC(NCCC(N)=O)(C(=O)O)C1. The van der Waals surface area contributed by atoms with Gasteiger partial charge >= 0.3 is 5.97 Å². The Morgan fingerprint density at radius 2 is 2.25 bits per heavy atom. The van der Waals surface area contributed by atoms with Gasteiger partial charge in [-0.25, -0.2) is 0 Å². The van der Waals surface area contributed by atoms with Crippen molar-refractivity contribution in [3.8, 4) is 0 Å². The topological polar surface area (TPSA) is 92.4 Å². The molecule has 4 N–H and O–H groups in total. The second-order valence-corrected chi connectivity index (χ2v) is 4.73. The van der Waals surface area contributed by atoms with Crippen LogP contribution in [0.3, 0.4) is 0 Å². The van der Waals surface area contributed by atoms with Crippen molar-refractivity contribution in [2.45, 2.75) is 44.6 Å². The quantitative estimate of drug-likeness (QED) is 0.638. The van der Waals surface area contributed by atoms with Crippen LogP contribution in [0.15, 0.2) is 0 Å². The molecule has 5 nitrogen and oxygen atoms in total. The molecule has 2 unspecified atom stereocenters. The van der Waals surface area contributed by atoms with Crippen molar-refractivity contribution in [3.63, 3.8) is 0 Å². The molecule has 0 aliphatic heterocycles. The van der Waals surface area contributed by atoms with Gasteiger partial charge in [0.05, 0.1) is 0 Å². The Hall–Kier alpha value is -1.10. The second-order valence-electron chi connectivity index (χ2n) is 4.73. The van der Waals surface area contributed by atoms with E-state index in [1.54, 1.807) is 0 Å². The smallest absolute Gasteiger partial charge is 0.323 e. The molecule has 2 atom stereocenters. The van der Waals surface area contributed by atoms with Crippen molar-refractivity contribution < 1.29 is 14.7 Å². The maximum absolute atomic E-state index is 11.3. The second kappa shape index (κ2) is 5.30. The van der Waals surface area contributed by atoms with E-state index < -0.39 is 17.4 Å². The minimum Gasteiger partial charge on any atom is -0.480 e. The minimum atomic E-state index is -0.854. The van der Waals surface area contributed by atoms with Crippen LogP contribution in [0, 0.1) is 5.92 Å². The largest absolute Gasteiger partial charge is 0.480 e. The molecule has 1 rings (SSSR count). The fourth-order valence-electron chi connectivity index (χ4n) is 2.41. The number of carboxylic acid groups (broad SMARTS) is 1. The molecule has 0 aromatic heterocycles. The van der Waals surface area contributed by atoms with E-state index in [9.17, 15) is 14.7 Å². The summed E-state index contributed by atoms with van der Waals surface area (Å²) in [6.45, 7) is 2.40. The van der Waals surface area contributed by atoms with Gasteiger partial charge in [0, 0.05) is 13.0 Å². The molecule has 1 saturated carbocycles. The van der Waals surface area contributed by atoms with Crippen LogP contribution in [0.2, 0.25) is 0 Å². The molecular formula is C11H20N2O3. The maximum Gasteiger partial charge on any atom is 0.323 e. The summed E-state index contributed by atoms with van der Waals surface area (Å²) in [5.74, 6) is -0.814. The lowest BCUT2D eigenvalue weighted by molar-refractivity contribution is -0.147. The van der Waals surface area contributed by atoms with Crippen LogP contribution in [0.25, 0.3) is 0 Å². The minimum absolute atomic E-state index is 0.184. The molecule has 0 bridgehead atoms. The highest BCUT2D eigenvalue weighted by atomic mass is 16.4. The average molecular weight is 228 g/mol. The van der Waals surface area contributed by atoms with Crippen molar-refractivity contribution in [1.29, 1.82) is 0 Å². The standard InChI is InChI=1S/C11H20N2O3/c1-8-3-2-5-11(7-8,10(15)16)13-6-4-9(12)14/h8,13H,2-7H2,1H3,(H2,12,14)(H,15,16). The number of hydrogen-bond donors (Lipinski definition) is 3. The van der Waals surface area contributed by atoms with Crippen molar-refractivity contribution in [3.05, 3.63) is 0 Å².